The number of anilines is 2. The first-order valence-corrected chi connectivity index (χ1v) is 9.54. The van der Waals surface area contributed by atoms with Crippen LogP contribution in [0.1, 0.15) is 28.5 Å². The second kappa shape index (κ2) is 8.62. The van der Waals surface area contributed by atoms with Gasteiger partial charge >= 0.3 is 0 Å². The Morgan fingerprint density at radius 2 is 1.90 bits per heavy atom. The van der Waals surface area contributed by atoms with E-state index >= 15 is 0 Å². The van der Waals surface area contributed by atoms with Crippen molar-refractivity contribution < 1.29 is 14.0 Å². The number of nitrogens with one attached hydrogen (secondary N) is 3. The zero-order valence-corrected chi connectivity index (χ0v) is 16.1. The van der Waals surface area contributed by atoms with Gasteiger partial charge in [-0.05, 0) is 48.9 Å². The average Bonchev–Trinajstić information content (AvgIpc) is 3.43. The van der Waals surface area contributed by atoms with Crippen molar-refractivity contribution in [1.82, 2.24) is 10.2 Å². The molecule has 30 heavy (non-hydrogen) atoms. The molecule has 5 N–H and O–H groups in total. The third-order valence-electron chi connectivity index (χ3n) is 4.78. The summed E-state index contributed by atoms with van der Waals surface area (Å²) in [5.74, 6) is -0.368. The SMILES string of the molecule is NCCC(C(=O)Nc1ccc2[nH]nc(NC(=O)c3ccco3)c2c1)c1ccccc1. The molecular formula is C22H21N5O3. The molecule has 0 saturated carbocycles. The fourth-order valence-electron chi connectivity index (χ4n) is 3.29. The van der Waals surface area contributed by atoms with Crippen LogP contribution in [0, 0.1) is 0 Å². The highest BCUT2D eigenvalue weighted by Gasteiger charge is 2.20. The third kappa shape index (κ3) is 4.08. The lowest BCUT2D eigenvalue weighted by molar-refractivity contribution is -0.117. The number of furan rings is 1. The van der Waals surface area contributed by atoms with Crippen molar-refractivity contribution in [3.05, 3.63) is 78.3 Å². The van der Waals surface area contributed by atoms with E-state index in [1.165, 1.54) is 6.26 Å². The van der Waals surface area contributed by atoms with Crippen LogP contribution in [0.3, 0.4) is 0 Å². The van der Waals surface area contributed by atoms with Gasteiger partial charge in [-0.1, -0.05) is 30.3 Å². The van der Waals surface area contributed by atoms with E-state index in [0.29, 0.717) is 29.9 Å². The van der Waals surface area contributed by atoms with Crippen LogP contribution in [0.25, 0.3) is 10.9 Å². The molecule has 0 radical (unpaired) electrons. The van der Waals surface area contributed by atoms with Crippen LogP contribution in [-0.2, 0) is 4.79 Å². The van der Waals surface area contributed by atoms with Gasteiger partial charge in [0.2, 0.25) is 5.91 Å². The molecule has 0 spiro atoms. The Kier molecular flexibility index (Phi) is 5.58. The summed E-state index contributed by atoms with van der Waals surface area (Å²) in [6, 6.07) is 18.1. The maximum absolute atomic E-state index is 12.9. The minimum absolute atomic E-state index is 0.143. The maximum Gasteiger partial charge on any atom is 0.292 e. The lowest BCUT2D eigenvalue weighted by Crippen LogP contribution is -2.23. The Morgan fingerprint density at radius 1 is 1.07 bits per heavy atom. The lowest BCUT2D eigenvalue weighted by atomic mass is 9.94. The summed E-state index contributed by atoms with van der Waals surface area (Å²) in [5, 5.41) is 13.3. The molecule has 4 rings (SSSR count). The van der Waals surface area contributed by atoms with E-state index < -0.39 is 5.91 Å². The van der Waals surface area contributed by atoms with Gasteiger partial charge in [0.25, 0.3) is 5.91 Å². The van der Waals surface area contributed by atoms with Crippen molar-refractivity contribution in [2.45, 2.75) is 12.3 Å². The number of hydrogen-bond acceptors (Lipinski definition) is 5. The summed E-state index contributed by atoms with van der Waals surface area (Å²) >= 11 is 0. The van der Waals surface area contributed by atoms with Gasteiger partial charge in [-0.25, -0.2) is 0 Å². The molecule has 4 aromatic rings. The molecule has 152 valence electrons. The number of H-pyrrole nitrogens is 1. The summed E-state index contributed by atoms with van der Waals surface area (Å²) < 4.78 is 5.11. The monoisotopic (exact) mass is 403 g/mol. The highest BCUT2D eigenvalue weighted by atomic mass is 16.3. The summed E-state index contributed by atoms with van der Waals surface area (Å²) in [6.07, 6.45) is 1.96. The van der Waals surface area contributed by atoms with Gasteiger partial charge in [0.15, 0.2) is 11.6 Å². The van der Waals surface area contributed by atoms with E-state index in [2.05, 4.69) is 20.8 Å². The normalized spacial score (nSPS) is 11.9. The van der Waals surface area contributed by atoms with E-state index in [9.17, 15) is 9.59 Å². The minimum atomic E-state index is -0.407. The highest BCUT2D eigenvalue weighted by molar-refractivity contribution is 6.07. The smallest absolute Gasteiger partial charge is 0.292 e. The molecular weight excluding hydrogens is 382 g/mol. The molecule has 0 saturated heterocycles. The van der Waals surface area contributed by atoms with E-state index in [4.69, 9.17) is 10.2 Å². The van der Waals surface area contributed by atoms with Gasteiger partial charge in [0, 0.05) is 11.1 Å². The highest BCUT2D eigenvalue weighted by Crippen LogP contribution is 2.26. The molecule has 2 aromatic heterocycles. The van der Waals surface area contributed by atoms with Crippen molar-refractivity contribution in [3.8, 4) is 0 Å². The molecule has 8 heteroatoms. The van der Waals surface area contributed by atoms with Crippen LogP contribution in [-0.4, -0.2) is 28.6 Å². The van der Waals surface area contributed by atoms with Crippen LogP contribution in [0.5, 0.6) is 0 Å². The zero-order valence-electron chi connectivity index (χ0n) is 16.1. The lowest BCUT2D eigenvalue weighted by Gasteiger charge is -2.16. The molecule has 8 nitrogen and oxygen atoms in total. The first-order chi connectivity index (χ1) is 14.7. The Morgan fingerprint density at radius 3 is 2.63 bits per heavy atom. The fraction of sp³-hybridized carbons (Fsp3) is 0.136. The molecule has 2 heterocycles. The largest absolute Gasteiger partial charge is 0.459 e. The second-order valence-electron chi connectivity index (χ2n) is 6.79. The first kappa shape index (κ1) is 19.4. The summed E-state index contributed by atoms with van der Waals surface area (Å²) in [4.78, 5) is 25.2. The van der Waals surface area contributed by atoms with E-state index in [0.717, 1.165) is 11.1 Å². The topological polar surface area (TPSA) is 126 Å². The predicted molar refractivity (Wildman–Crippen MR) is 114 cm³/mol. The van der Waals surface area contributed by atoms with Gasteiger partial charge in [-0.15, -0.1) is 0 Å². The van der Waals surface area contributed by atoms with Crippen LogP contribution >= 0.6 is 0 Å². The van der Waals surface area contributed by atoms with E-state index in [-0.39, 0.29) is 17.6 Å². The molecule has 1 unspecified atom stereocenters. The number of fused-ring (bicyclic) bond motifs is 1. The van der Waals surface area contributed by atoms with Crippen LogP contribution in [0.15, 0.2) is 71.3 Å². The number of nitrogens with two attached hydrogens (primary N) is 1. The van der Waals surface area contributed by atoms with E-state index in [1.807, 2.05) is 30.3 Å². The van der Waals surface area contributed by atoms with Gasteiger partial charge in [0.1, 0.15) is 0 Å². The molecule has 2 amide bonds. The third-order valence-corrected chi connectivity index (χ3v) is 4.78. The summed E-state index contributed by atoms with van der Waals surface area (Å²) in [5.41, 5.74) is 7.96. The van der Waals surface area contributed by atoms with Crippen LogP contribution < -0.4 is 16.4 Å². The fourth-order valence-corrected chi connectivity index (χ4v) is 3.29. The average molecular weight is 403 g/mol. The van der Waals surface area contributed by atoms with Gasteiger partial charge < -0.3 is 20.8 Å². The Hall–Kier alpha value is -3.91. The number of carbonyl (C=O) groups is 2. The predicted octanol–water partition coefficient (Wildman–Crippen LogP) is 3.48. The molecule has 0 aliphatic rings. The quantitative estimate of drug-likeness (QED) is 0.376. The Bertz CT molecular complexity index is 1150. The van der Waals surface area contributed by atoms with Gasteiger partial charge in [0.05, 0.1) is 17.7 Å². The molecule has 0 fully saturated rings. The van der Waals surface area contributed by atoms with Gasteiger partial charge in [-0.2, -0.15) is 5.10 Å². The maximum atomic E-state index is 12.9. The second-order valence-corrected chi connectivity index (χ2v) is 6.79. The number of amides is 2. The van der Waals surface area contributed by atoms with Crippen molar-refractivity contribution in [2.24, 2.45) is 5.73 Å². The van der Waals surface area contributed by atoms with E-state index in [1.54, 1.807) is 30.3 Å². The molecule has 0 aliphatic heterocycles. The minimum Gasteiger partial charge on any atom is -0.459 e. The molecule has 0 bridgehead atoms. The molecule has 1 atom stereocenters. The summed E-state index contributed by atoms with van der Waals surface area (Å²) in [7, 11) is 0. The van der Waals surface area contributed by atoms with Crippen LogP contribution in [0.2, 0.25) is 0 Å². The van der Waals surface area contributed by atoms with Gasteiger partial charge in [-0.3, -0.25) is 14.7 Å². The number of benzene rings is 2. The number of carbonyl (C=O) groups excluding carboxylic acids is 2. The first-order valence-electron chi connectivity index (χ1n) is 9.54. The summed E-state index contributed by atoms with van der Waals surface area (Å²) in [6.45, 7) is 0.400. The van der Waals surface area contributed by atoms with Crippen molar-refractivity contribution in [3.63, 3.8) is 0 Å². The van der Waals surface area contributed by atoms with Crippen molar-refractivity contribution in [1.29, 1.82) is 0 Å². The van der Waals surface area contributed by atoms with Crippen LogP contribution in [0.4, 0.5) is 11.5 Å². The van der Waals surface area contributed by atoms with Crippen molar-refractivity contribution in [2.75, 3.05) is 17.2 Å². The standard InChI is InChI=1S/C22H21N5O3/c23-11-10-16(14-5-2-1-3-6-14)21(28)24-15-8-9-18-17(13-15)20(27-26-18)25-22(29)19-7-4-12-30-19/h1-9,12-13,16H,10-11,23H2,(H,24,28)(H2,25,26,27,29). The Labute approximate surface area is 172 Å². The Balaban J connectivity index is 1.55. The number of nitrogens with zero attached hydrogens (tertiary/aromatic N) is 1. The molecule has 2 aromatic carbocycles. The van der Waals surface area contributed by atoms with Crippen molar-refractivity contribution >= 4 is 34.2 Å². The number of aromatic amines is 1. The zero-order chi connectivity index (χ0) is 20.9. The number of aromatic nitrogens is 2. The number of hydrogen-bond donors (Lipinski definition) is 4. The molecule has 0 aliphatic carbocycles. The number of rotatable bonds is 7.